The second kappa shape index (κ2) is 4.58. The van der Waals surface area contributed by atoms with Gasteiger partial charge in [-0.25, -0.2) is 0 Å². The Bertz CT molecular complexity index is 568. The number of carbonyl (C=O) groups excluding carboxylic acids is 1. The van der Waals surface area contributed by atoms with Crippen molar-refractivity contribution in [3.63, 3.8) is 0 Å². The van der Waals surface area contributed by atoms with E-state index >= 15 is 0 Å². The third-order valence-corrected chi connectivity index (χ3v) is 2.34. The standard InChI is InChI=1S/C12H10N4O/c1-16-7-5-11(15-16)12(17)9(8-13)10-4-2-3-6-14-10/h2-7,9H,1H3. The molecule has 0 aromatic carbocycles. The van der Waals surface area contributed by atoms with Crippen molar-refractivity contribution in [1.29, 1.82) is 5.26 Å². The lowest BCUT2D eigenvalue weighted by molar-refractivity contribution is 0.0972. The van der Waals surface area contributed by atoms with E-state index in [0.29, 0.717) is 5.69 Å². The van der Waals surface area contributed by atoms with E-state index in [0.717, 1.165) is 0 Å². The van der Waals surface area contributed by atoms with Gasteiger partial charge in [-0.05, 0) is 18.2 Å². The molecule has 0 saturated heterocycles. The quantitative estimate of drug-likeness (QED) is 0.739. The van der Waals surface area contributed by atoms with Crippen LogP contribution in [0, 0.1) is 11.3 Å². The number of nitriles is 1. The Kier molecular flexibility index (Phi) is 2.97. The average Bonchev–Trinajstić information content (AvgIpc) is 2.78. The predicted octanol–water partition coefficient (Wildman–Crippen LogP) is 1.31. The Morgan fingerprint density at radius 2 is 2.29 bits per heavy atom. The molecular formula is C12H10N4O. The Labute approximate surface area is 98.3 Å². The minimum atomic E-state index is -0.897. The molecule has 2 heterocycles. The minimum Gasteiger partial charge on any atom is -0.290 e. The predicted molar refractivity (Wildman–Crippen MR) is 60.1 cm³/mol. The molecule has 0 aliphatic heterocycles. The summed E-state index contributed by atoms with van der Waals surface area (Å²) in [5.41, 5.74) is 0.732. The summed E-state index contributed by atoms with van der Waals surface area (Å²) >= 11 is 0. The number of Topliss-reactive ketones (excluding diaryl/α,β-unsaturated/α-hetero) is 1. The Morgan fingerprint density at radius 1 is 1.47 bits per heavy atom. The van der Waals surface area contributed by atoms with Crippen molar-refractivity contribution in [3.05, 3.63) is 48.0 Å². The van der Waals surface area contributed by atoms with Crippen molar-refractivity contribution >= 4 is 5.78 Å². The van der Waals surface area contributed by atoms with Gasteiger partial charge in [-0.1, -0.05) is 6.07 Å². The van der Waals surface area contributed by atoms with Gasteiger partial charge >= 0.3 is 0 Å². The molecule has 0 fully saturated rings. The summed E-state index contributed by atoms with van der Waals surface area (Å²) < 4.78 is 1.53. The van der Waals surface area contributed by atoms with Crippen molar-refractivity contribution in [2.24, 2.45) is 7.05 Å². The lowest BCUT2D eigenvalue weighted by atomic mass is 9.99. The van der Waals surface area contributed by atoms with Crippen LogP contribution >= 0.6 is 0 Å². The van der Waals surface area contributed by atoms with Crippen LogP contribution in [0.3, 0.4) is 0 Å². The summed E-state index contributed by atoms with van der Waals surface area (Å²) in [4.78, 5) is 16.1. The van der Waals surface area contributed by atoms with Gasteiger partial charge in [0.25, 0.3) is 0 Å². The van der Waals surface area contributed by atoms with Gasteiger partial charge < -0.3 is 0 Å². The molecule has 0 N–H and O–H groups in total. The summed E-state index contributed by atoms with van der Waals surface area (Å²) in [5, 5.41) is 13.1. The topological polar surface area (TPSA) is 71.6 Å². The van der Waals surface area contributed by atoms with E-state index in [-0.39, 0.29) is 11.5 Å². The lowest BCUT2D eigenvalue weighted by Crippen LogP contribution is -2.13. The normalized spacial score (nSPS) is 11.8. The van der Waals surface area contributed by atoms with Gasteiger partial charge in [0.1, 0.15) is 5.69 Å². The van der Waals surface area contributed by atoms with Crippen LogP contribution in [-0.2, 0) is 7.05 Å². The zero-order chi connectivity index (χ0) is 12.3. The average molecular weight is 226 g/mol. The number of ketones is 1. The third kappa shape index (κ3) is 2.21. The molecule has 0 aliphatic carbocycles. The van der Waals surface area contributed by atoms with Gasteiger partial charge in [-0.15, -0.1) is 0 Å². The van der Waals surface area contributed by atoms with Gasteiger partial charge in [0.2, 0.25) is 5.78 Å². The molecule has 0 saturated carbocycles. The molecule has 0 spiro atoms. The molecule has 0 bridgehead atoms. The molecule has 17 heavy (non-hydrogen) atoms. The highest BCUT2D eigenvalue weighted by molar-refractivity contribution is 6.00. The Morgan fingerprint density at radius 3 is 2.82 bits per heavy atom. The number of hydrogen-bond acceptors (Lipinski definition) is 4. The monoisotopic (exact) mass is 226 g/mol. The van der Waals surface area contributed by atoms with Crippen LogP contribution in [0.4, 0.5) is 0 Å². The molecule has 84 valence electrons. The maximum Gasteiger partial charge on any atom is 0.206 e. The van der Waals surface area contributed by atoms with Crippen LogP contribution < -0.4 is 0 Å². The van der Waals surface area contributed by atoms with Crippen LogP contribution in [0.25, 0.3) is 0 Å². The van der Waals surface area contributed by atoms with E-state index in [4.69, 9.17) is 5.26 Å². The van der Waals surface area contributed by atoms with E-state index in [2.05, 4.69) is 10.1 Å². The second-order valence-corrected chi connectivity index (χ2v) is 3.56. The van der Waals surface area contributed by atoms with Gasteiger partial charge in [0.05, 0.1) is 11.8 Å². The first-order chi connectivity index (χ1) is 8.22. The third-order valence-electron chi connectivity index (χ3n) is 2.34. The zero-order valence-electron chi connectivity index (χ0n) is 9.24. The van der Waals surface area contributed by atoms with Crippen molar-refractivity contribution in [3.8, 4) is 6.07 Å². The van der Waals surface area contributed by atoms with Crippen molar-refractivity contribution in [1.82, 2.24) is 14.8 Å². The molecule has 0 radical (unpaired) electrons. The first-order valence-corrected chi connectivity index (χ1v) is 5.07. The largest absolute Gasteiger partial charge is 0.290 e. The summed E-state index contributed by atoms with van der Waals surface area (Å²) in [6.45, 7) is 0. The molecule has 0 amide bonds. The number of nitrogens with zero attached hydrogens (tertiary/aromatic N) is 4. The fraction of sp³-hybridized carbons (Fsp3) is 0.167. The van der Waals surface area contributed by atoms with E-state index in [1.165, 1.54) is 4.68 Å². The highest BCUT2D eigenvalue weighted by Crippen LogP contribution is 2.17. The van der Waals surface area contributed by atoms with Crippen LogP contribution in [0.15, 0.2) is 36.7 Å². The summed E-state index contributed by atoms with van der Waals surface area (Å²) in [7, 11) is 1.72. The summed E-state index contributed by atoms with van der Waals surface area (Å²) in [6, 6.07) is 8.71. The molecule has 1 atom stereocenters. The molecule has 5 heteroatoms. The minimum absolute atomic E-state index is 0.282. The fourth-order valence-corrected chi connectivity index (χ4v) is 1.50. The highest BCUT2D eigenvalue weighted by Gasteiger charge is 2.24. The highest BCUT2D eigenvalue weighted by atomic mass is 16.1. The molecule has 0 aliphatic rings. The Hall–Kier alpha value is -2.48. The van der Waals surface area contributed by atoms with Gasteiger partial charge in [0, 0.05) is 19.4 Å². The van der Waals surface area contributed by atoms with Crippen molar-refractivity contribution in [2.45, 2.75) is 5.92 Å². The molecule has 1 unspecified atom stereocenters. The van der Waals surface area contributed by atoms with E-state index in [9.17, 15) is 4.79 Å². The zero-order valence-corrected chi connectivity index (χ0v) is 9.24. The smallest absolute Gasteiger partial charge is 0.206 e. The number of aromatic nitrogens is 3. The van der Waals surface area contributed by atoms with Crippen LogP contribution in [-0.4, -0.2) is 20.5 Å². The molecule has 2 aromatic rings. The van der Waals surface area contributed by atoms with Crippen molar-refractivity contribution in [2.75, 3.05) is 0 Å². The van der Waals surface area contributed by atoms with Crippen LogP contribution in [0.1, 0.15) is 22.1 Å². The maximum absolute atomic E-state index is 12.1. The van der Waals surface area contributed by atoms with Crippen LogP contribution in [0.2, 0.25) is 0 Å². The number of hydrogen-bond donors (Lipinski definition) is 0. The van der Waals surface area contributed by atoms with E-state index in [1.807, 2.05) is 6.07 Å². The van der Waals surface area contributed by atoms with Gasteiger partial charge in [0.15, 0.2) is 5.92 Å². The SMILES string of the molecule is Cn1ccc(C(=O)C(C#N)c2ccccn2)n1. The summed E-state index contributed by atoms with van der Waals surface area (Å²) in [5.74, 6) is -1.22. The fourth-order valence-electron chi connectivity index (χ4n) is 1.50. The van der Waals surface area contributed by atoms with Crippen molar-refractivity contribution < 1.29 is 4.79 Å². The number of carbonyl (C=O) groups is 1. The molecule has 2 rings (SSSR count). The van der Waals surface area contributed by atoms with Gasteiger partial charge in [-0.2, -0.15) is 10.4 Å². The Balaban J connectivity index is 2.32. The second-order valence-electron chi connectivity index (χ2n) is 3.56. The molecule has 5 nitrogen and oxygen atoms in total. The molecule has 2 aromatic heterocycles. The van der Waals surface area contributed by atoms with E-state index in [1.54, 1.807) is 43.7 Å². The number of aryl methyl sites for hydroxylation is 1. The summed E-state index contributed by atoms with van der Waals surface area (Å²) in [6.07, 6.45) is 3.23. The lowest BCUT2D eigenvalue weighted by Gasteiger charge is -2.04. The maximum atomic E-state index is 12.1. The number of rotatable bonds is 3. The molecular weight excluding hydrogens is 216 g/mol. The van der Waals surface area contributed by atoms with E-state index < -0.39 is 5.92 Å². The van der Waals surface area contributed by atoms with Gasteiger partial charge in [-0.3, -0.25) is 14.5 Å². The first-order valence-electron chi connectivity index (χ1n) is 5.07. The first kappa shape index (κ1) is 11.0. The number of pyridine rings is 1. The van der Waals surface area contributed by atoms with Crippen LogP contribution in [0.5, 0.6) is 0 Å².